The highest BCUT2D eigenvalue weighted by Gasteiger charge is 2.41. The van der Waals surface area contributed by atoms with Crippen LogP contribution in [0.25, 0.3) is 0 Å². The van der Waals surface area contributed by atoms with Crippen LogP contribution in [0.3, 0.4) is 0 Å². The number of aliphatic hydroxyl groups is 1. The molecular weight excluding hydrogens is 335 g/mol. The van der Waals surface area contributed by atoms with Gasteiger partial charge in [0.1, 0.15) is 23.6 Å². The van der Waals surface area contributed by atoms with Gasteiger partial charge in [0.15, 0.2) is 5.82 Å². The molecule has 0 unspecified atom stereocenters. The summed E-state index contributed by atoms with van der Waals surface area (Å²) in [5, 5.41) is 18.7. The second-order valence-electron chi connectivity index (χ2n) is 5.63. The lowest BCUT2D eigenvalue weighted by atomic mass is 9.79. The summed E-state index contributed by atoms with van der Waals surface area (Å²) < 4.78 is 43.0. The molecule has 3 aromatic rings. The summed E-state index contributed by atoms with van der Waals surface area (Å²) in [5.41, 5.74) is -2.25. The quantitative estimate of drug-likeness (QED) is 0.764. The van der Waals surface area contributed by atoms with Gasteiger partial charge in [-0.2, -0.15) is 0 Å². The summed E-state index contributed by atoms with van der Waals surface area (Å²) in [6, 6.07) is 2.80. The summed E-state index contributed by atoms with van der Waals surface area (Å²) in [6.45, 7) is 1.26. The van der Waals surface area contributed by atoms with Gasteiger partial charge in [-0.15, -0.1) is 5.10 Å². The third-order valence-corrected chi connectivity index (χ3v) is 4.10. The molecule has 130 valence electrons. The average molecular weight is 349 g/mol. The molecule has 6 nitrogen and oxygen atoms in total. The Morgan fingerprint density at radius 2 is 2.04 bits per heavy atom. The Balaban J connectivity index is 2.13. The average Bonchev–Trinajstić information content (AvgIpc) is 3.07. The maximum absolute atomic E-state index is 14.4. The van der Waals surface area contributed by atoms with Crippen molar-refractivity contribution in [1.29, 1.82) is 0 Å². The largest absolute Gasteiger partial charge is 0.382 e. The molecule has 0 fully saturated rings. The first kappa shape index (κ1) is 17.0. The highest BCUT2D eigenvalue weighted by Crippen LogP contribution is 2.39. The van der Waals surface area contributed by atoms with Gasteiger partial charge in [-0.3, -0.25) is 0 Å². The van der Waals surface area contributed by atoms with Gasteiger partial charge in [0.2, 0.25) is 0 Å². The van der Waals surface area contributed by atoms with Crippen LogP contribution in [0.2, 0.25) is 0 Å². The molecule has 2 atom stereocenters. The van der Waals surface area contributed by atoms with E-state index in [9.17, 15) is 18.3 Å². The van der Waals surface area contributed by atoms with Crippen molar-refractivity contribution >= 4 is 0 Å². The van der Waals surface area contributed by atoms with Crippen LogP contribution in [-0.4, -0.2) is 30.1 Å². The molecular formula is C16H14F3N5O. The van der Waals surface area contributed by atoms with Crippen molar-refractivity contribution in [2.75, 3.05) is 0 Å². The maximum atomic E-state index is 14.4. The zero-order valence-electron chi connectivity index (χ0n) is 13.1. The Kier molecular flexibility index (Phi) is 4.49. The smallest absolute Gasteiger partial charge is 0.163 e. The van der Waals surface area contributed by atoms with E-state index < -0.39 is 29.0 Å². The third-order valence-electron chi connectivity index (χ3n) is 4.10. The number of benzene rings is 1. The lowest BCUT2D eigenvalue weighted by Crippen LogP contribution is -2.39. The molecule has 0 amide bonds. The molecule has 0 radical (unpaired) electrons. The van der Waals surface area contributed by atoms with Gasteiger partial charge in [-0.05, 0) is 6.07 Å². The van der Waals surface area contributed by atoms with Gasteiger partial charge >= 0.3 is 0 Å². The van der Waals surface area contributed by atoms with E-state index in [1.54, 1.807) is 0 Å². The van der Waals surface area contributed by atoms with Crippen molar-refractivity contribution in [2.24, 2.45) is 0 Å². The lowest BCUT2D eigenvalue weighted by Gasteiger charge is -2.34. The van der Waals surface area contributed by atoms with Crippen molar-refractivity contribution in [3.05, 3.63) is 71.8 Å². The van der Waals surface area contributed by atoms with Crippen LogP contribution < -0.4 is 0 Å². The standard InChI is InChI=1S/C16H14F3N5O/c1-10(15-14(19)7-20-9-21-15)16(25,8-24-5-4-22-23-24)12-3-2-11(17)6-13(12)18/h2-7,9-10,25H,8H2,1H3/t10-,16+/m0/s1. The van der Waals surface area contributed by atoms with E-state index in [1.807, 2.05) is 0 Å². The Hall–Kier alpha value is -2.81. The molecule has 0 spiro atoms. The zero-order valence-corrected chi connectivity index (χ0v) is 13.1. The van der Waals surface area contributed by atoms with E-state index in [4.69, 9.17) is 0 Å². The normalized spacial score (nSPS) is 14.9. The predicted molar refractivity (Wildman–Crippen MR) is 80.7 cm³/mol. The van der Waals surface area contributed by atoms with Crippen LogP contribution in [0, 0.1) is 17.5 Å². The molecule has 0 aliphatic heterocycles. The Morgan fingerprint density at radius 1 is 1.24 bits per heavy atom. The molecule has 0 bridgehead atoms. The van der Waals surface area contributed by atoms with Gasteiger partial charge in [-0.25, -0.2) is 27.8 Å². The van der Waals surface area contributed by atoms with Crippen molar-refractivity contribution in [3.8, 4) is 0 Å². The van der Waals surface area contributed by atoms with E-state index in [1.165, 1.54) is 24.0 Å². The number of halogens is 3. The van der Waals surface area contributed by atoms with E-state index in [0.29, 0.717) is 6.07 Å². The van der Waals surface area contributed by atoms with Crippen LogP contribution in [0.4, 0.5) is 13.2 Å². The summed E-state index contributed by atoms with van der Waals surface area (Å²) in [4.78, 5) is 7.43. The third kappa shape index (κ3) is 3.22. The monoisotopic (exact) mass is 349 g/mol. The van der Waals surface area contributed by atoms with Gasteiger partial charge in [0.25, 0.3) is 0 Å². The lowest BCUT2D eigenvalue weighted by molar-refractivity contribution is -0.0137. The van der Waals surface area contributed by atoms with E-state index >= 15 is 0 Å². The van der Waals surface area contributed by atoms with Crippen molar-refractivity contribution in [3.63, 3.8) is 0 Å². The minimum atomic E-state index is -1.96. The second kappa shape index (κ2) is 6.60. The molecule has 9 heteroatoms. The Bertz CT molecular complexity index is 874. The molecule has 25 heavy (non-hydrogen) atoms. The molecule has 2 aromatic heterocycles. The van der Waals surface area contributed by atoms with Crippen molar-refractivity contribution in [1.82, 2.24) is 25.0 Å². The molecule has 0 aliphatic rings. The fourth-order valence-corrected chi connectivity index (χ4v) is 2.73. The number of hydrogen-bond donors (Lipinski definition) is 1. The molecule has 0 saturated heterocycles. The fraction of sp³-hybridized carbons (Fsp3) is 0.250. The summed E-state index contributed by atoms with van der Waals surface area (Å²) in [5.74, 6) is -3.47. The minimum Gasteiger partial charge on any atom is -0.382 e. The maximum Gasteiger partial charge on any atom is 0.163 e. The van der Waals surface area contributed by atoms with Gasteiger partial charge in [0.05, 0.1) is 24.6 Å². The fourth-order valence-electron chi connectivity index (χ4n) is 2.73. The van der Waals surface area contributed by atoms with Gasteiger partial charge in [0, 0.05) is 23.7 Å². The number of hydrogen-bond acceptors (Lipinski definition) is 5. The highest BCUT2D eigenvalue weighted by molar-refractivity contribution is 5.30. The minimum absolute atomic E-state index is 0.0960. The number of aromatic nitrogens is 5. The number of rotatable bonds is 5. The molecule has 1 aromatic carbocycles. The van der Waals surface area contributed by atoms with Gasteiger partial charge < -0.3 is 5.11 Å². The first-order valence-electron chi connectivity index (χ1n) is 7.39. The topological polar surface area (TPSA) is 76.7 Å². The van der Waals surface area contributed by atoms with Crippen LogP contribution in [0.5, 0.6) is 0 Å². The predicted octanol–water partition coefficient (Wildman–Crippen LogP) is 2.18. The Morgan fingerprint density at radius 3 is 2.68 bits per heavy atom. The molecule has 2 heterocycles. The highest BCUT2D eigenvalue weighted by atomic mass is 19.1. The molecule has 0 saturated carbocycles. The van der Waals surface area contributed by atoms with E-state index in [2.05, 4.69) is 20.3 Å². The Labute approximate surface area is 141 Å². The van der Waals surface area contributed by atoms with Crippen LogP contribution >= 0.6 is 0 Å². The van der Waals surface area contributed by atoms with E-state index in [0.717, 1.165) is 24.7 Å². The summed E-state index contributed by atoms with van der Waals surface area (Å²) >= 11 is 0. The van der Waals surface area contributed by atoms with Gasteiger partial charge in [-0.1, -0.05) is 18.2 Å². The first-order chi connectivity index (χ1) is 11.9. The van der Waals surface area contributed by atoms with Crippen LogP contribution in [0.1, 0.15) is 24.1 Å². The molecule has 3 rings (SSSR count). The van der Waals surface area contributed by atoms with Crippen LogP contribution in [-0.2, 0) is 12.1 Å². The molecule has 0 aliphatic carbocycles. The SMILES string of the molecule is C[C@@H](c1ncncc1F)[C@](O)(Cn1ccnn1)c1ccc(F)cc1F. The van der Waals surface area contributed by atoms with E-state index in [-0.39, 0.29) is 17.8 Å². The summed E-state index contributed by atoms with van der Waals surface area (Å²) in [7, 11) is 0. The van der Waals surface area contributed by atoms with Crippen LogP contribution in [0.15, 0.2) is 43.1 Å². The summed E-state index contributed by atoms with van der Waals surface area (Å²) in [6.07, 6.45) is 4.94. The second-order valence-corrected chi connectivity index (χ2v) is 5.63. The first-order valence-corrected chi connectivity index (χ1v) is 7.39. The zero-order chi connectivity index (χ0) is 18.0. The van der Waals surface area contributed by atoms with Crippen molar-refractivity contribution in [2.45, 2.75) is 25.0 Å². The number of nitrogens with zero attached hydrogens (tertiary/aromatic N) is 5. The molecule has 1 N–H and O–H groups in total. The van der Waals surface area contributed by atoms with Crippen molar-refractivity contribution < 1.29 is 18.3 Å².